The van der Waals surface area contributed by atoms with Gasteiger partial charge in [-0.25, -0.2) is 0 Å². The molecule has 2 nitrogen and oxygen atoms in total. The molecule has 0 aromatic heterocycles. The molecule has 0 saturated heterocycles. The first-order valence-corrected chi connectivity index (χ1v) is 33.8. The first kappa shape index (κ1) is 46.0. The summed E-state index contributed by atoms with van der Waals surface area (Å²) in [5, 5.41) is 27.6. The van der Waals surface area contributed by atoms with E-state index in [0.717, 1.165) is 45.7 Å². The van der Waals surface area contributed by atoms with E-state index in [4.69, 9.17) is 0 Å². The zero-order valence-electron chi connectivity index (χ0n) is 41.9. The van der Waals surface area contributed by atoms with Crippen molar-refractivity contribution < 1.29 is 25.7 Å². The molecule has 4 aromatic rings. The Hall–Kier alpha value is -2.11. The van der Waals surface area contributed by atoms with E-state index in [2.05, 4.69) is 126 Å². The minimum atomic E-state index is -0.336. The van der Waals surface area contributed by atoms with Crippen LogP contribution in [0.3, 0.4) is 0 Å². The summed E-state index contributed by atoms with van der Waals surface area (Å²) in [6.07, 6.45) is 23.7. The van der Waals surface area contributed by atoms with Gasteiger partial charge >= 0.3 is 418 Å². The van der Waals surface area contributed by atoms with Crippen molar-refractivity contribution in [2.45, 2.75) is 212 Å². The molecule has 8 atom stereocenters. The number of hydrogen-bond acceptors (Lipinski definition) is 2. The summed E-state index contributed by atoms with van der Waals surface area (Å²) in [6, 6.07) is 33.2. The summed E-state index contributed by atoms with van der Waals surface area (Å²) in [5.41, 5.74) is 11.9. The summed E-state index contributed by atoms with van der Waals surface area (Å²) < 4.78 is 0. The molecule has 5 heteroatoms. The SMILES string of the molecule is CC(C)(C)c1cc(C[S]2=[Ti]=[S](Cc3cc(C(C)(C)C)cc(C45CC6CC(CC(c7ccccc7)(C6)C4)C5)c3O)[C@H]3CCCCCCC32)c(O)c(C23CC4CC(CC(c5ccccc5)(C4)C2)C3)c1. The molecule has 0 spiro atoms. The quantitative estimate of drug-likeness (QED) is 0.173. The third kappa shape index (κ3) is 8.00. The normalized spacial score (nSPS) is 37.4. The Balaban J connectivity index is 0.945. The number of rotatable bonds is 8. The molecule has 9 aliphatic carbocycles. The van der Waals surface area contributed by atoms with Crippen molar-refractivity contribution in [3.05, 3.63) is 129 Å². The minimum absolute atomic E-state index is 0.0173. The second-order valence-corrected chi connectivity index (χ2v) is 38.1. The molecule has 2 N–H and O–H groups in total. The Labute approximate surface area is 414 Å². The number of phenols is 2. The Morgan fingerprint density at radius 1 is 0.493 bits per heavy atom. The van der Waals surface area contributed by atoms with Crippen molar-refractivity contribution in [1.29, 1.82) is 0 Å². The van der Waals surface area contributed by atoms with E-state index < -0.39 is 0 Å². The molecule has 14 rings (SSSR count). The van der Waals surface area contributed by atoms with Crippen molar-refractivity contribution in [2.75, 3.05) is 0 Å². The predicted molar refractivity (Wildman–Crippen MR) is 280 cm³/mol. The van der Waals surface area contributed by atoms with Crippen molar-refractivity contribution in [3.63, 3.8) is 0 Å². The van der Waals surface area contributed by atoms with E-state index in [1.54, 1.807) is 11.1 Å². The predicted octanol–water partition coefficient (Wildman–Crippen LogP) is 16.5. The molecule has 8 bridgehead atoms. The molecule has 10 aliphatic rings. The van der Waals surface area contributed by atoms with Gasteiger partial charge in [-0.15, -0.1) is 0 Å². The number of benzene rings is 4. The van der Waals surface area contributed by atoms with E-state index in [1.807, 2.05) is 0 Å². The van der Waals surface area contributed by atoms with Crippen LogP contribution in [0.15, 0.2) is 84.9 Å². The Kier molecular flexibility index (Phi) is 11.5. The third-order valence-electron chi connectivity index (χ3n) is 19.9. The molecule has 67 heavy (non-hydrogen) atoms. The van der Waals surface area contributed by atoms with Gasteiger partial charge in [-0.2, -0.15) is 0 Å². The van der Waals surface area contributed by atoms with E-state index in [0.29, 0.717) is 27.4 Å². The fraction of sp³-hybridized carbons (Fsp3) is 0.613. The van der Waals surface area contributed by atoms with Gasteiger partial charge < -0.3 is 0 Å². The molecule has 1 aliphatic heterocycles. The second-order valence-electron chi connectivity index (χ2n) is 26.6. The number of aromatic hydroxyl groups is 2. The molecule has 4 aromatic carbocycles. The molecule has 0 radical (unpaired) electrons. The summed E-state index contributed by atoms with van der Waals surface area (Å²) in [5.74, 6) is 6.55. The van der Waals surface area contributed by atoms with Crippen molar-refractivity contribution >= 4 is 15.9 Å². The van der Waals surface area contributed by atoms with Gasteiger partial charge in [-0.1, -0.05) is 0 Å². The van der Waals surface area contributed by atoms with Crippen LogP contribution in [-0.2, 0) is 59.5 Å². The average Bonchev–Trinajstić information content (AvgIpc) is 3.56. The molecule has 356 valence electrons. The van der Waals surface area contributed by atoms with Gasteiger partial charge in [-0.3, -0.25) is 0 Å². The fourth-order valence-corrected chi connectivity index (χ4v) is 38.5. The number of hydrogen-bond donors (Lipinski definition) is 2. The summed E-state index contributed by atoms with van der Waals surface area (Å²) in [6.45, 7) is 14.4. The molecule has 9 fully saturated rings. The molecule has 7 unspecified atom stereocenters. The zero-order valence-corrected chi connectivity index (χ0v) is 45.1. The first-order chi connectivity index (χ1) is 32.0. The maximum absolute atomic E-state index is 13.0. The number of fused-ring (bicyclic) bond motifs is 1. The van der Waals surface area contributed by atoms with Crippen LogP contribution >= 0.6 is 15.9 Å². The van der Waals surface area contributed by atoms with Crippen molar-refractivity contribution in [2.24, 2.45) is 23.7 Å². The Bertz CT molecular complexity index is 2440. The van der Waals surface area contributed by atoms with Crippen LogP contribution in [0, 0.1) is 23.7 Å². The van der Waals surface area contributed by atoms with E-state index in [9.17, 15) is 10.2 Å². The van der Waals surface area contributed by atoms with Gasteiger partial charge in [0, 0.05) is 0 Å². The van der Waals surface area contributed by atoms with Gasteiger partial charge in [0.15, 0.2) is 0 Å². The van der Waals surface area contributed by atoms with Gasteiger partial charge in [0.2, 0.25) is 0 Å². The maximum atomic E-state index is 13.0. The van der Waals surface area contributed by atoms with Gasteiger partial charge in [0.25, 0.3) is 0 Å². The van der Waals surface area contributed by atoms with E-state index in [1.165, 1.54) is 149 Å². The molecule has 0 amide bonds. The molecule has 1 heterocycles. The standard InChI is InChI=1S/C62H80O2S2.Ti/c1-57(2,3)49-25-45(55(63)51(27-49)61-33-41-23-42(34-61)30-59(29-41,39-61)47-17-11-9-12-18-47)37-65-53-21-15-7-8-16-22-54(53)66-38-46-26-50(58(4,5)6)28-52(56(46)64)62-35-43-24-44(36-62)32-60(31-43,40-62)48-19-13-10-14-20-48;/h9-14,17-20,25-28,41-44,53-54,63-64H,7-8,15-16,21-24,29-40H2,1-6H3;/t41?,42?,43?,44?,53-,54?,59?,60?,61?,62?;/m0./s1. The zero-order chi connectivity index (χ0) is 46.1. The van der Waals surface area contributed by atoms with Crippen LogP contribution in [0.4, 0.5) is 0 Å². The molecular formula is C62H80O2S2Ti. The summed E-state index contributed by atoms with van der Waals surface area (Å²) in [7, 11) is 0.610. The summed E-state index contributed by atoms with van der Waals surface area (Å²) >= 11 is -0.336. The molecule has 9 saturated carbocycles. The number of phenolic OH excluding ortho intramolecular Hbond substituents is 2. The van der Waals surface area contributed by atoms with Gasteiger partial charge in [0.05, 0.1) is 0 Å². The fourth-order valence-electron chi connectivity index (χ4n) is 17.6. The van der Waals surface area contributed by atoms with E-state index >= 15 is 0 Å². The van der Waals surface area contributed by atoms with Crippen LogP contribution < -0.4 is 0 Å². The second kappa shape index (κ2) is 16.7. The van der Waals surface area contributed by atoms with Crippen LogP contribution in [0.5, 0.6) is 11.5 Å². The average molecular weight is 969 g/mol. The van der Waals surface area contributed by atoms with Crippen molar-refractivity contribution in [1.82, 2.24) is 0 Å². The monoisotopic (exact) mass is 969 g/mol. The van der Waals surface area contributed by atoms with Gasteiger partial charge in [-0.05, 0) is 0 Å². The third-order valence-corrected chi connectivity index (χ3v) is 35.8. The molecular weight excluding hydrogens is 889 g/mol. The van der Waals surface area contributed by atoms with Crippen LogP contribution in [0.1, 0.15) is 202 Å². The van der Waals surface area contributed by atoms with Crippen LogP contribution in [-0.4, -0.2) is 20.7 Å². The first-order valence-electron chi connectivity index (χ1n) is 27.0. The topological polar surface area (TPSA) is 40.5 Å². The Morgan fingerprint density at radius 3 is 1.21 bits per heavy atom. The van der Waals surface area contributed by atoms with Crippen LogP contribution in [0.25, 0.3) is 0 Å². The van der Waals surface area contributed by atoms with Crippen LogP contribution in [0.2, 0.25) is 0 Å². The summed E-state index contributed by atoms with van der Waals surface area (Å²) in [4.78, 5) is 0. The van der Waals surface area contributed by atoms with Crippen molar-refractivity contribution in [3.8, 4) is 11.5 Å². The van der Waals surface area contributed by atoms with E-state index in [-0.39, 0.29) is 47.9 Å². The Morgan fingerprint density at radius 2 is 0.851 bits per heavy atom. The van der Waals surface area contributed by atoms with Gasteiger partial charge in [0.1, 0.15) is 0 Å².